The predicted molar refractivity (Wildman–Crippen MR) is 68.9 cm³/mol. The highest BCUT2D eigenvalue weighted by Gasteiger charge is 2.53. The number of nitrogens with zero attached hydrogens (tertiary/aromatic N) is 2. The second kappa shape index (κ2) is 4.43. The van der Waals surface area contributed by atoms with Gasteiger partial charge in [-0.2, -0.15) is 4.31 Å². The van der Waals surface area contributed by atoms with Gasteiger partial charge in [0.25, 0.3) is 5.91 Å². The summed E-state index contributed by atoms with van der Waals surface area (Å²) in [6.45, 7) is 1.43. The molecule has 3 aliphatic rings. The number of rotatable bonds is 4. The summed E-state index contributed by atoms with van der Waals surface area (Å²) in [7, 11) is -1.45. The number of sulfonamides is 1. The van der Waals surface area contributed by atoms with Gasteiger partial charge in [-0.1, -0.05) is 0 Å². The van der Waals surface area contributed by atoms with E-state index >= 15 is 0 Å². The largest absolute Gasteiger partial charge is 0.368 e. The molecule has 3 atom stereocenters. The number of carbonyl (C=O) groups excluding carboxylic acids is 1. The topological polar surface area (TPSA) is 66.9 Å². The van der Waals surface area contributed by atoms with Gasteiger partial charge in [-0.25, -0.2) is 8.42 Å². The van der Waals surface area contributed by atoms with E-state index in [1.165, 1.54) is 23.4 Å². The monoisotopic (exact) mass is 288 g/mol. The summed E-state index contributed by atoms with van der Waals surface area (Å²) in [4.78, 5) is 13.8. The fourth-order valence-electron chi connectivity index (χ4n) is 3.02. The fraction of sp³-hybridized carbons (Fsp3) is 0.917. The van der Waals surface area contributed by atoms with Gasteiger partial charge in [0.15, 0.2) is 0 Å². The van der Waals surface area contributed by atoms with Gasteiger partial charge in [0.05, 0.1) is 18.9 Å². The molecule has 0 aromatic heterocycles. The van der Waals surface area contributed by atoms with Crippen molar-refractivity contribution in [2.24, 2.45) is 11.8 Å². The number of likely N-dealkylation sites (N-methyl/N-ethyl adjacent to an activating group) is 1. The Hall–Kier alpha value is -0.660. The first kappa shape index (κ1) is 13.3. The summed E-state index contributed by atoms with van der Waals surface area (Å²) in [6.07, 6.45) is 3.12. The molecule has 0 aromatic carbocycles. The highest BCUT2D eigenvalue weighted by Crippen LogP contribution is 2.36. The molecule has 2 heterocycles. The molecule has 0 N–H and O–H groups in total. The quantitative estimate of drug-likeness (QED) is 0.700. The molecule has 108 valence electrons. The standard InChI is InChI=1S/C12H20N2O4S/c1-13-10-6-14(19(2,16)17)5-9(10)11(12(13)15)18-7-8-3-4-8/h8-11H,3-7H2,1-2H3/t9-,10+,11-/m0/s1. The lowest BCUT2D eigenvalue weighted by molar-refractivity contribution is -0.138. The second-order valence-electron chi connectivity index (χ2n) is 5.96. The predicted octanol–water partition coefficient (Wildman–Crippen LogP) is -0.486. The number of fused-ring (bicyclic) bond motifs is 1. The van der Waals surface area contributed by atoms with Crippen LogP contribution in [0.15, 0.2) is 0 Å². The molecular weight excluding hydrogens is 268 g/mol. The third kappa shape index (κ3) is 2.39. The Balaban J connectivity index is 1.72. The highest BCUT2D eigenvalue weighted by molar-refractivity contribution is 7.88. The van der Waals surface area contributed by atoms with E-state index in [1.807, 2.05) is 0 Å². The molecule has 3 rings (SSSR count). The minimum atomic E-state index is -3.19. The van der Waals surface area contributed by atoms with Gasteiger partial charge in [-0.15, -0.1) is 0 Å². The molecule has 0 unspecified atom stereocenters. The summed E-state index contributed by atoms with van der Waals surface area (Å²) in [5, 5.41) is 0. The van der Waals surface area contributed by atoms with Crippen LogP contribution in [0.2, 0.25) is 0 Å². The first-order chi connectivity index (χ1) is 8.88. The van der Waals surface area contributed by atoms with E-state index < -0.39 is 16.1 Å². The first-order valence-electron chi connectivity index (χ1n) is 6.71. The van der Waals surface area contributed by atoms with Crippen LogP contribution in [0, 0.1) is 11.8 Å². The Morgan fingerprint density at radius 3 is 2.58 bits per heavy atom. The Morgan fingerprint density at radius 1 is 1.32 bits per heavy atom. The molecule has 19 heavy (non-hydrogen) atoms. The number of amides is 1. The van der Waals surface area contributed by atoms with Crippen molar-refractivity contribution in [2.75, 3.05) is 33.0 Å². The van der Waals surface area contributed by atoms with Crippen molar-refractivity contribution in [1.82, 2.24) is 9.21 Å². The maximum atomic E-state index is 12.1. The van der Waals surface area contributed by atoms with Crippen molar-refractivity contribution >= 4 is 15.9 Å². The molecule has 2 aliphatic heterocycles. The average molecular weight is 288 g/mol. The van der Waals surface area contributed by atoms with Crippen LogP contribution in [0.4, 0.5) is 0 Å². The molecule has 1 saturated carbocycles. The lowest BCUT2D eigenvalue weighted by Crippen LogP contribution is -2.38. The summed E-state index contributed by atoms with van der Waals surface area (Å²) in [5.74, 6) is 0.583. The Bertz CT molecular complexity index is 488. The Kier molecular flexibility index (Phi) is 3.11. The van der Waals surface area contributed by atoms with Gasteiger partial charge in [0.1, 0.15) is 6.10 Å². The van der Waals surface area contributed by atoms with Crippen LogP contribution in [0.1, 0.15) is 12.8 Å². The van der Waals surface area contributed by atoms with Crippen LogP contribution < -0.4 is 0 Å². The van der Waals surface area contributed by atoms with Crippen molar-refractivity contribution in [3.05, 3.63) is 0 Å². The minimum Gasteiger partial charge on any atom is -0.368 e. The smallest absolute Gasteiger partial charge is 0.252 e. The zero-order chi connectivity index (χ0) is 13.8. The van der Waals surface area contributed by atoms with E-state index in [9.17, 15) is 13.2 Å². The van der Waals surface area contributed by atoms with E-state index in [1.54, 1.807) is 11.9 Å². The zero-order valence-corrected chi connectivity index (χ0v) is 12.1. The third-order valence-electron chi connectivity index (χ3n) is 4.45. The summed E-state index contributed by atoms with van der Waals surface area (Å²) >= 11 is 0. The molecule has 1 amide bonds. The van der Waals surface area contributed by atoms with Crippen molar-refractivity contribution in [3.8, 4) is 0 Å². The lowest BCUT2D eigenvalue weighted by atomic mass is 10.0. The molecule has 0 spiro atoms. The van der Waals surface area contributed by atoms with Crippen LogP contribution >= 0.6 is 0 Å². The molecule has 0 radical (unpaired) electrons. The molecular formula is C12H20N2O4S. The molecule has 2 saturated heterocycles. The maximum absolute atomic E-state index is 12.1. The van der Waals surface area contributed by atoms with E-state index in [2.05, 4.69) is 0 Å². The first-order valence-corrected chi connectivity index (χ1v) is 8.56. The van der Waals surface area contributed by atoms with Crippen molar-refractivity contribution in [2.45, 2.75) is 25.0 Å². The molecule has 0 aromatic rings. The number of hydrogen-bond donors (Lipinski definition) is 0. The Labute approximate surface area is 113 Å². The molecule has 7 heteroatoms. The number of carbonyl (C=O) groups is 1. The van der Waals surface area contributed by atoms with Gasteiger partial charge >= 0.3 is 0 Å². The highest BCUT2D eigenvalue weighted by atomic mass is 32.2. The van der Waals surface area contributed by atoms with Crippen LogP contribution in [-0.4, -0.2) is 68.7 Å². The van der Waals surface area contributed by atoms with Gasteiger partial charge in [0.2, 0.25) is 10.0 Å². The molecule has 3 fully saturated rings. The third-order valence-corrected chi connectivity index (χ3v) is 5.69. The Morgan fingerprint density at radius 2 is 2.00 bits per heavy atom. The van der Waals surface area contributed by atoms with Gasteiger partial charge in [-0.05, 0) is 18.8 Å². The molecule has 1 aliphatic carbocycles. The van der Waals surface area contributed by atoms with E-state index in [0.717, 1.165) is 0 Å². The maximum Gasteiger partial charge on any atom is 0.252 e. The summed E-state index contributed by atoms with van der Waals surface area (Å²) < 4.78 is 30.5. The lowest BCUT2D eigenvalue weighted by Gasteiger charge is -2.20. The van der Waals surface area contributed by atoms with Crippen LogP contribution in [0.25, 0.3) is 0 Å². The summed E-state index contributed by atoms with van der Waals surface area (Å²) in [6, 6.07) is -0.0357. The zero-order valence-electron chi connectivity index (χ0n) is 11.3. The van der Waals surface area contributed by atoms with E-state index in [4.69, 9.17) is 4.74 Å². The summed E-state index contributed by atoms with van der Waals surface area (Å²) in [5.41, 5.74) is 0. The molecule has 0 bridgehead atoms. The average Bonchev–Trinajstić information content (AvgIpc) is 2.98. The fourth-order valence-corrected chi connectivity index (χ4v) is 3.89. The second-order valence-corrected chi connectivity index (χ2v) is 7.94. The van der Waals surface area contributed by atoms with Gasteiger partial charge < -0.3 is 9.64 Å². The van der Waals surface area contributed by atoms with Crippen LogP contribution in [-0.2, 0) is 19.6 Å². The number of hydrogen-bond acceptors (Lipinski definition) is 4. The van der Waals surface area contributed by atoms with Gasteiger partial charge in [0, 0.05) is 26.1 Å². The number of likely N-dealkylation sites (tertiary alicyclic amines) is 1. The van der Waals surface area contributed by atoms with Gasteiger partial charge in [-0.3, -0.25) is 4.79 Å². The van der Waals surface area contributed by atoms with Crippen molar-refractivity contribution in [3.63, 3.8) is 0 Å². The normalized spacial score (nSPS) is 36.0. The molecule has 6 nitrogen and oxygen atoms in total. The van der Waals surface area contributed by atoms with Crippen LogP contribution in [0.5, 0.6) is 0 Å². The minimum absolute atomic E-state index is 0.00352. The van der Waals surface area contributed by atoms with Crippen molar-refractivity contribution < 1.29 is 17.9 Å². The SMILES string of the molecule is CN1C(=O)[C@@H](OCC2CC2)[C@H]2CN(S(C)(=O)=O)C[C@H]21. The van der Waals surface area contributed by atoms with E-state index in [-0.39, 0.29) is 17.9 Å². The van der Waals surface area contributed by atoms with Crippen LogP contribution in [0.3, 0.4) is 0 Å². The van der Waals surface area contributed by atoms with Crippen molar-refractivity contribution in [1.29, 1.82) is 0 Å². The van der Waals surface area contributed by atoms with E-state index in [0.29, 0.717) is 25.6 Å². The number of ether oxygens (including phenoxy) is 1.